The van der Waals surface area contributed by atoms with E-state index in [9.17, 15) is 0 Å². The fourth-order valence-electron chi connectivity index (χ4n) is 0.941. The highest BCUT2D eigenvalue weighted by Gasteiger charge is 2.24. The zero-order valence-corrected chi connectivity index (χ0v) is 8.47. The molecular formula is C9H17N3. The SMILES string of the molecule is Cc1nc(C(C)C(C)(C)C)n[nH]1. The minimum absolute atomic E-state index is 0.231. The van der Waals surface area contributed by atoms with Gasteiger partial charge >= 0.3 is 0 Å². The number of nitrogens with zero attached hydrogens (tertiary/aromatic N) is 2. The predicted molar refractivity (Wildman–Crippen MR) is 49.0 cm³/mol. The van der Waals surface area contributed by atoms with Gasteiger partial charge in [0.05, 0.1) is 0 Å². The number of rotatable bonds is 1. The summed E-state index contributed by atoms with van der Waals surface area (Å²) >= 11 is 0. The Morgan fingerprint density at radius 1 is 1.33 bits per heavy atom. The van der Waals surface area contributed by atoms with E-state index >= 15 is 0 Å². The number of nitrogens with one attached hydrogen (secondary N) is 1. The molecule has 0 saturated heterocycles. The third kappa shape index (κ3) is 1.84. The molecule has 1 aromatic heterocycles. The second kappa shape index (κ2) is 2.88. The molecule has 0 fully saturated rings. The summed E-state index contributed by atoms with van der Waals surface area (Å²) in [6, 6.07) is 0. The van der Waals surface area contributed by atoms with Gasteiger partial charge in [0.2, 0.25) is 0 Å². The van der Waals surface area contributed by atoms with Crippen LogP contribution >= 0.6 is 0 Å². The summed E-state index contributed by atoms with van der Waals surface area (Å²) in [6.45, 7) is 10.7. The maximum atomic E-state index is 4.31. The largest absolute Gasteiger partial charge is 0.263 e. The summed E-state index contributed by atoms with van der Waals surface area (Å²) in [5.74, 6) is 2.20. The van der Waals surface area contributed by atoms with E-state index < -0.39 is 0 Å². The molecule has 0 aliphatic heterocycles. The fraction of sp³-hybridized carbons (Fsp3) is 0.778. The smallest absolute Gasteiger partial charge is 0.154 e. The van der Waals surface area contributed by atoms with Gasteiger partial charge in [0, 0.05) is 5.92 Å². The third-order valence-corrected chi connectivity index (χ3v) is 2.30. The summed E-state index contributed by atoms with van der Waals surface area (Å²) in [6.07, 6.45) is 0. The first-order valence-corrected chi connectivity index (χ1v) is 4.30. The van der Waals surface area contributed by atoms with Crippen molar-refractivity contribution in [1.29, 1.82) is 0 Å². The standard InChI is InChI=1S/C9H17N3/c1-6(9(3,4)5)8-10-7(2)11-12-8/h6H,1-5H3,(H,10,11,12). The number of hydrogen-bond donors (Lipinski definition) is 1. The van der Waals surface area contributed by atoms with Gasteiger partial charge in [-0.1, -0.05) is 27.7 Å². The van der Waals surface area contributed by atoms with Crippen LogP contribution in [0.3, 0.4) is 0 Å². The van der Waals surface area contributed by atoms with Gasteiger partial charge in [-0.25, -0.2) is 4.98 Å². The molecule has 1 rings (SSSR count). The number of H-pyrrole nitrogens is 1. The summed E-state index contributed by atoms with van der Waals surface area (Å²) in [4.78, 5) is 4.31. The molecule has 12 heavy (non-hydrogen) atoms. The summed E-state index contributed by atoms with van der Waals surface area (Å²) < 4.78 is 0. The number of aromatic nitrogens is 3. The van der Waals surface area contributed by atoms with Gasteiger partial charge in [0.1, 0.15) is 5.82 Å². The topological polar surface area (TPSA) is 41.6 Å². The highest BCUT2D eigenvalue weighted by molar-refractivity contribution is 4.99. The second-order valence-electron chi connectivity index (χ2n) is 4.37. The van der Waals surface area contributed by atoms with Crippen molar-refractivity contribution in [2.45, 2.75) is 40.5 Å². The van der Waals surface area contributed by atoms with Crippen LogP contribution in [0.25, 0.3) is 0 Å². The maximum absolute atomic E-state index is 4.31. The lowest BCUT2D eigenvalue weighted by Gasteiger charge is -2.24. The van der Waals surface area contributed by atoms with Crippen LogP contribution in [0, 0.1) is 12.3 Å². The first-order chi connectivity index (χ1) is 5.41. The predicted octanol–water partition coefficient (Wildman–Crippen LogP) is 2.26. The van der Waals surface area contributed by atoms with Crippen LogP contribution in [0.1, 0.15) is 45.3 Å². The van der Waals surface area contributed by atoms with Crippen LogP contribution in [-0.2, 0) is 0 Å². The van der Waals surface area contributed by atoms with Gasteiger partial charge in [0.25, 0.3) is 0 Å². The molecular weight excluding hydrogens is 150 g/mol. The lowest BCUT2D eigenvalue weighted by molar-refractivity contribution is 0.328. The van der Waals surface area contributed by atoms with Gasteiger partial charge in [0.15, 0.2) is 5.82 Å². The lowest BCUT2D eigenvalue weighted by atomic mass is 9.82. The Balaban J connectivity index is 2.85. The van der Waals surface area contributed by atoms with Crippen LogP contribution in [-0.4, -0.2) is 15.2 Å². The molecule has 1 unspecified atom stereocenters. The minimum atomic E-state index is 0.231. The van der Waals surface area contributed by atoms with Crippen molar-refractivity contribution < 1.29 is 0 Å². The normalized spacial score (nSPS) is 14.8. The zero-order chi connectivity index (χ0) is 9.35. The summed E-state index contributed by atoms with van der Waals surface area (Å²) in [5.41, 5.74) is 0.231. The summed E-state index contributed by atoms with van der Waals surface area (Å²) in [5, 5.41) is 7.01. The first-order valence-electron chi connectivity index (χ1n) is 4.30. The number of hydrogen-bond acceptors (Lipinski definition) is 2. The number of aryl methyl sites for hydroxylation is 1. The molecule has 3 heteroatoms. The van der Waals surface area contributed by atoms with E-state index in [1.165, 1.54) is 0 Å². The molecule has 0 radical (unpaired) electrons. The molecule has 0 saturated carbocycles. The average molecular weight is 167 g/mol. The second-order valence-corrected chi connectivity index (χ2v) is 4.37. The van der Waals surface area contributed by atoms with E-state index in [0.29, 0.717) is 5.92 Å². The van der Waals surface area contributed by atoms with Gasteiger partial charge < -0.3 is 0 Å². The Kier molecular flexibility index (Phi) is 2.22. The lowest BCUT2D eigenvalue weighted by Crippen LogP contribution is -2.16. The molecule has 0 amide bonds. The van der Waals surface area contributed by atoms with E-state index in [2.05, 4.69) is 42.9 Å². The van der Waals surface area contributed by atoms with Gasteiger partial charge in [-0.05, 0) is 12.3 Å². The Morgan fingerprint density at radius 2 is 1.92 bits per heavy atom. The monoisotopic (exact) mass is 167 g/mol. The molecule has 0 aromatic carbocycles. The molecule has 0 bridgehead atoms. The van der Waals surface area contributed by atoms with Crippen molar-refractivity contribution in [2.75, 3.05) is 0 Å². The quantitative estimate of drug-likeness (QED) is 0.697. The Labute approximate surface area is 73.6 Å². The van der Waals surface area contributed by atoms with E-state index in [-0.39, 0.29) is 5.41 Å². The van der Waals surface area contributed by atoms with Crippen LogP contribution in [0.15, 0.2) is 0 Å². The minimum Gasteiger partial charge on any atom is -0.263 e. The van der Waals surface area contributed by atoms with Gasteiger partial charge in [-0.15, -0.1) is 0 Å². The van der Waals surface area contributed by atoms with Crippen molar-refractivity contribution in [3.05, 3.63) is 11.6 Å². The van der Waals surface area contributed by atoms with Crippen LogP contribution < -0.4 is 0 Å². The van der Waals surface area contributed by atoms with E-state index in [1.54, 1.807) is 0 Å². The van der Waals surface area contributed by atoms with Crippen molar-refractivity contribution in [1.82, 2.24) is 15.2 Å². The van der Waals surface area contributed by atoms with E-state index in [1.807, 2.05) is 6.92 Å². The molecule has 0 spiro atoms. The van der Waals surface area contributed by atoms with Crippen LogP contribution in [0.2, 0.25) is 0 Å². The first kappa shape index (κ1) is 9.23. The average Bonchev–Trinajstić information content (AvgIpc) is 2.32. The number of aromatic amines is 1. The van der Waals surface area contributed by atoms with E-state index in [4.69, 9.17) is 0 Å². The molecule has 68 valence electrons. The highest BCUT2D eigenvalue weighted by atomic mass is 15.2. The highest BCUT2D eigenvalue weighted by Crippen LogP contribution is 2.32. The van der Waals surface area contributed by atoms with Crippen molar-refractivity contribution >= 4 is 0 Å². The van der Waals surface area contributed by atoms with Crippen LogP contribution in [0.4, 0.5) is 0 Å². The van der Waals surface area contributed by atoms with Crippen LogP contribution in [0.5, 0.6) is 0 Å². The Morgan fingerprint density at radius 3 is 2.25 bits per heavy atom. The molecule has 1 N–H and O–H groups in total. The molecule has 0 aliphatic rings. The molecule has 0 aliphatic carbocycles. The zero-order valence-electron chi connectivity index (χ0n) is 8.47. The molecule has 1 atom stereocenters. The molecule has 1 heterocycles. The summed E-state index contributed by atoms with van der Waals surface area (Å²) in [7, 11) is 0. The fourth-order valence-corrected chi connectivity index (χ4v) is 0.941. The maximum Gasteiger partial charge on any atom is 0.154 e. The molecule has 1 aromatic rings. The molecule has 3 nitrogen and oxygen atoms in total. The Bertz CT molecular complexity index is 257. The Hall–Kier alpha value is -0.860. The van der Waals surface area contributed by atoms with Crippen molar-refractivity contribution in [3.8, 4) is 0 Å². The third-order valence-electron chi connectivity index (χ3n) is 2.30. The van der Waals surface area contributed by atoms with Gasteiger partial charge in [-0.2, -0.15) is 5.10 Å². The van der Waals surface area contributed by atoms with Gasteiger partial charge in [-0.3, -0.25) is 5.10 Å². The van der Waals surface area contributed by atoms with Crippen molar-refractivity contribution in [3.63, 3.8) is 0 Å². The van der Waals surface area contributed by atoms with Crippen molar-refractivity contribution in [2.24, 2.45) is 5.41 Å². The van der Waals surface area contributed by atoms with E-state index in [0.717, 1.165) is 11.6 Å².